The van der Waals surface area contributed by atoms with Crippen LogP contribution in [0.2, 0.25) is 10.0 Å². The van der Waals surface area contributed by atoms with Crippen molar-refractivity contribution in [2.24, 2.45) is 0 Å². The topological polar surface area (TPSA) is 96.5 Å². The summed E-state index contributed by atoms with van der Waals surface area (Å²) >= 11 is 24.4. The fraction of sp³-hybridized carbons (Fsp3) is 0.154. The summed E-state index contributed by atoms with van der Waals surface area (Å²) in [7, 11) is 0. The maximum absolute atomic E-state index is 12.8. The second kappa shape index (κ2) is 12.0. The van der Waals surface area contributed by atoms with Crippen molar-refractivity contribution in [3.05, 3.63) is 88.0 Å². The molecular weight excluding hydrogens is 560 g/mol. The number of rotatable bonds is 9. The summed E-state index contributed by atoms with van der Waals surface area (Å²) in [5.74, 6) is -1.12. The zero-order chi connectivity index (χ0) is 26.5. The number of halogens is 4. The molecule has 1 N–H and O–H groups in total. The van der Waals surface area contributed by atoms with Crippen molar-refractivity contribution in [1.82, 2.24) is 10.1 Å². The van der Waals surface area contributed by atoms with Gasteiger partial charge in [0.25, 0.3) is 5.91 Å². The van der Waals surface area contributed by atoms with Gasteiger partial charge in [-0.05, 0) is 54.8 Å². The Bertz CT molecular complexity index is 1400. The number of aryl methyl sites for hydroxylation is 1. The third kappa shape index (κ3) is 6.43. The van der Waals surface area contributed by atoms with Crippen LogP contribution in [-0.4, -0.2) is 38.5 Å². The third-order valence-electron chi connectivity index (χ3n) is 5.54. The highest BCUT2D eigenvalue weighted by Crippen LogP contribution is 2.36. The largest absolute Gasteiger partial charge is 0.478 e. The molecule has 0 spiro atoms. The highest BCUT2D eigenvalue weighted by molar-refractivity contribution is 6.54. The lowest BCUT2D eigenvalue weighted by molar-refractivity contribution is -0.117. The van der Waals surface area contributed by atoms with Gasteiger partial charge in [-0.3, -0.25) is 9.78 Å². The maximum atomic E-state index is 12.8. The van der Waals surface area contributed by atoms with Gasteiger partial charge in [-0.2, -0.15) is 0 Å². The van der Waals surface area contributed by atoms with E-state index in [2.05, 4.69) is 10.1 Å². The number of hydrogen-bond donors (Lipinski definition) is 1. The van der Waals surface area contributed by atoms with E-state index in [4.69, 9.17) is 56.0 Å². The Hall–Kier alpha value is -3.10. The van der Waals surface area contributed by atoms with Crippen LogP contribution in [0, 0.1) is 0 Å². The summed E-state index contributed by atoms with van der Waals surface area (Å²) in [5.41, 5.74) is 3.09. The zero-order valence-corrected chi connectivity index (χ0v) is 22.1. The average molecular weight is 579 g/mol. The van der Waals surface area contributed by atoms with Crippen molar-refractivity contribution >= 4 is 64.0 Å². The van der Waals surface area contributed by atoms with Crippen molar-refractivity contribution in [2.45, 2.75) is 17.7 Å². The minimum absolute atomic E-state index is 0.212. The van der Waals surface area contributed by atoms with Gasteiger partial charge in [-0.25, -0.2) is 4.79 Å². The van der Waals surface area contributed by atoms with Crippen LogP contribution in [0.15, 0.2) is 71.4 Å². The first-order valence-corrected chi connectivity index (χ1v) is 12.7. The number of anilines is 1. The van der Waals surface area contributed by atoms with Gasteiger partial charge in [-0.15, -0.1) is 0 Å². The van der Waals surface area contributed by atoms with E-state index >= 15 is 0 Å². The van der Waals surface area contributed by atoms with Crippen LogP contribution >= 0.6 is 46.4 Å². The molecule has 11 heteroatoms. The van der Waals surface area contributed by atoms with Crippen LogP contribution in [-0.2, 0) is 11.2 Å². The third-order valence-corrected chi connectivity index (χ3v) is 6.54. The number of carbonyl (C=O) groups excluding carboxylic acids is 1. The van der Waals surface area contributed by atoms with Crippen molar-refractivity contribution in [1.29, 1.82) is 0 Å². The van der Waals surface area contributed by atoms with E-state index in [1.54, 1.807) is 60.7 Å². The highest BCUT2D eigenvalue weighted by Gasteiger charge is 2.23. The molecule has 4 aromatic rings. The Labute approximate surface area is 232 Å². The van der Waals surface area contributed by atoms with Crippen molar-refractivity contribution < 1.29 is 19.2 Å². The van der Waals surface area contributed by atoms with Crippen LogP contribution in [0.5, 0.6) is 0 Å². The molecule has 2 heterocycles. The number of aromatic nitrogens is 2. The van der Waals surface area contributed by atoms with Gasteiger partial charge in [0, 0.05) is 30.1 Å². The van der Waals surface area contributed by atoms with E-state index in [0.29, 0.717) is 57.8 Å². The number of pyridine rings is 1. The molecule has 0 aliphatic heterocycles. The normalized spacial score (nSPS) is 11.1. The molecule has 4 rings (SSSR count). The zero-order valence-electron chi connectivity index (χ0n) is 19.1. The standard InChI is InChI=1S/C26H19Cl4N3O4/c27-18-4-1-5-19(28)23(18)21-14-22(37-32-21)20-13-17(10-11-31-20)33(25(34)24(29)30)12-2-3-15-6-8-16(9-7-15)26(35)36/h1,4-11,13-14,24H,2-3,12H2,(H,35,36). The second-order valence-corrected chi connectivity index (χ2v) is 9.88. The van der Waals surface area contributed by atoms with Crippen LogP contribution in [0.1, 0.15) is 22.3 Å². The van der Waals surface area contributed by atoms with Gasteiger partial charge in [0.05, 0.1) is 15.6 Å². The molecule has 2 aromatic heterocycles. The molecule has 37 heavy (non-hydrogen) atoms. The molecular formula is C26H19Cl4N3O4. The molecule has 0 atom stereocenters. The van der Waals surface area contributed by atoms with Gasteiger partial charge >= 0.3 is 5.97 Å². The van der Waals surface area contributed by atoms with Crippen molar-refractivity contribution in [3.63, 3.8) is 0 Å². The van der Waals surface area contributed by atoms with E-state index in [-0.39, 0.29) is 5.56 Å². The molecule has 190 valence electrons. The lowest BCUT2D eigenvalue weighted by Crippen LogP contribution is -2.36. The molecule has 7 nitrogen and oxygen atoms in total. The molecule has 0 saturated carbocycles. The molecule has 0 saturated heterocycles. The SMILES string of the molecule is O=C(O)c1ccc(CCCN(C(=O)C(Cl)Cl)c2ccnc(-c3cc(-c4c(Cl)cccc4Cl)no3)c2)cc1. The number of amides is 1. The van der Waals surface area contributed by atoms with Crippen molar-refractivity contribution in [2.75, 3.05) is 11.4 Å². The Morgan fingerprint density at radius 3 is 2.32 bits per heavy atom. The first-order chi connectivity index (χ1) is 17.7. The number of nitrogens with zero attached hydrogens (tertiary/aromatic N) is 3. The molecule has 0 radical (unpaired) electrons. The summed E-state index contributed by atoms with van der Waals surface area (Å²) in [6, 6.07) is 16.7. The Kier molecular flexibility index (Phi) is 8.71. The van der Waals surface area contributed by atoms with Crippen LogP contribution < -0.4 is 4.90 Å². The minimum Gasteiger partial charge on any atom is -0.478 e. The fourth-order valence-electron chi connectivity index (χ4n) is 3.72. The molecule has 0 fully saturated rings. The maximum Gasteiger partial charge on any atom is 0.335 e. The molecule has 0 aliphatic rings. The Balaban J connectivity index is 1.54. The molecule has 0 bridgehead atoms. The number of alkyl halides is 2. The predicted molar refractivity (Wildman–Crippen MR) is 145 cm³/mol. The molecule has 2 aromatic carbocycles. The fourth-order valence-corrected chi connectivity index (χ4v) is 4.54. The predicted octanol–water partition coefficient (Wildman–Crippen LogP) is 7.18. The second-order valence-electron chi connectivity index (χ2n) is 7.97. The number of benzene rings is 2. The lowest BCUT2D eigenvalue weighted by Gasteiger charge is -2.23. The van der Waals surface area contributed by atoms with Crippen LogP contribution in [0.3, 0.4) is 0 Å². The van der Waals surface area contributed by atoms with E-state index in [1.165, 1.54) is 11.1 Å². The molecule has 1 amide bonds. The lowest BCUT2D eigenvalue weighted by atomic mass is 10.1. The van der Waals surface area contributed by atoms with E-state index in [9.17, 15) is 9.59 Å². The van der Waals surface area contributed by atoms with Gasteiger partial charge in [0.2, 0.25) is 0 Å². The summed E-state index contributed by atoms with van der Waals surface area (Å²) < 4.78 is 5.50. The van der Waals surface area contributed by atoms with Gasteiger partial charge in [-0.1, -0.05) is 69.8 Å². The van der Waals surface area contributed by atoms with E-state index in [0.717, 1.165) is 5.56 Å². The first-order valence-electron chi connectivity index (χ1n) is 11.0. The van der Waals surface area contributed by atoms with Crippen LogP contribution in [0.4, 0.5) is 5.69 Å². The number of carboxylic acid groups (broad SMARTS) is 1. The smallest absolute Gasteiger partial charge is 0.335 e. The summed E-state index contributed by atoms with van der Waals surface area (Å²) in [5, 5.41) is 14.0. The minimum atomic E-state index is -1.26. The van der Waals surface area contributed by atoms with E-state index < -0.39 is 16.7 Å². The average Bonchev–Trinajstić information content (AvgIpc) is 3.36. The molecule has 0 aliphatic carbocycles. The number of hydrogen-bond acceptors (Lipinski definition) is 5. The van der Waals surface area contributed by atoms with Crippen LogP contribution in [0.25, 0.3) is 22.7 Å². The van der Waals surface area contributed by atoms with Crippen molar-refractivity contribution in [3.8, 4) is 22.7 Å². The van der Waals surface area contributed by atoms with Gasteiger partial charge in [0.1, 0.15) is 11.4 Å². The summed E-state index contributed by atoms with van der Waals surface area (Å²) in [6.07, 6.45) is 2.73. The highest BCUT2D eigenvalue weighted by atomic mass is 35.5. The number of carbonyl (C=O) groups is 2. The Morgan fingerprint density at radius 2 is 1.68 bits per heavy atom. The summed E-state index contributed by atoms with van der Waals surface area (Å²) in [4.78, 5) is 28.4. The van der Waals surface area contributed by atoms with Gasteiger partial charge in [0.15, 0.2) is 10.6 Å². The first kappa shape index (κ1) is 26.9. The summed E-state index contributed by atoms with van der Waals surface area (Å²) in [6.45, 7) is 0.315. The number of aromatic carboxylic acids is 1. The van der Waals surface area contributed by atoms with E-state index in [1.807, 2.05) is 0 Å². The monoisotopic (exact) mass is 577 g/mol. The quantitative estimate of drug-likeness (QED) is 0.211. The molecule has 0 unspecified atom stereocenters. The Morgan fingerprint density at radius 1 is 0.973 bits per heavy atom. The van der Waals surface area contributed by atoms with Gasteiger partial charge < -0.3 is 14.5 Å². The number of carboxylic acids is 1.